The number of amides is 2. The van der Waals surface area contributed by atoms with E-state index in [1.165, 1.54) is 0 Å². The molecular weight excluding hydrogens is 574 g/mol. The van der Waals surface area contributed by atoms with Crippen LogP contribution in [-0.4, -0.2) is 57.5 Å². The van der Waals surface area contributed by atoms with Crippen molar-refractivity contribution in [3.05, 3.63) is 70.3 Å². The monoisotopic (exact) mass is 617 g/mol. The second-order valence-electron chi connectivity index (χ2n) is 13.2. The SMILES string of the molecule is CNC(C)(C)C=C(C#N)C(=O)N1CCCC1Cn1c(NC(=O)c2ccc(Cl)cc2)nc2cc(CN[C@@H](C)C(C)(C)C)ccc21. The third-order valence-electron chi connectivity index (χ3n) is 8.59. The van der Waals surface area contributed by atoms with E-state index in [4.69, 9.17) is 16.6 Å². The molecule has 0 spiro atoms. The number of aromatic nitrogens is 2. The quantitative estimate of drug-likeness (QED) is 0.193. The number of anilines is 1. The number of nitrogens with one attached hydrogen (secondary N) is 3. The summed E-state index contributed by atoms with van der Waals surface area (Å²) < 4.78 is 1.97. The molecule has 0 saturated carbocycles. The topological polar surface area (TPSA) is 115 Å². The van der Waals surface area contributed by atoms with E-state index >= 15 is 0 Å². The van der Waals surface area contributed by atoms with E-state index < -0.39 is 5.54 Å². The number of carbonyl (C=O) groups excluding carboxylic acids is 2. The van der Waals surface area contributed by atoms with Crippen molar-refractivity contribution in [1.29, 1.82) is 5.26 Å². The molecular formula is C34H44ClN7O2. The molecule has 1 saturated heterocycles. The summed E-state index contributed by atoms with van der Waals surface area (Å²) in [4.78, 5) is 33.5. The van der Waals surface area contributed by atoms with E-state index in [-0.39, 0.29) is 28.8 Å². The number of nitriles is 1. The first-order valence-corrected chi connectivity index (χ1v) is 15.5. The Morgan fingerprint density at radius 1 is 1.16 bits per heavy atom. The zero-order chi connectivity index (χ0) is 32.2. The Bertz CT molecular complexity index is 1580. The molecule has 3 aromatic rings. The van der Waals surface area contributed by atoms with Gasteiger partial charge < -0.3 is 20.1 Å². The van der Waals surface area contributed by atoms with Gasteiger partial charge in [0, 0.05) is 41.8 Å². The molecule has 1 unspecified atom stereocenters. The van der Waals surface area contributed by atoms with E-state index in [2.05, 4.69) is 55.8 Å². The van der Waals surface area contributed by atoms with E-state index in [0.717, 1.165) is 29.4 Å². The van der Waals surface area contributed by atoms with Gasteiger partial charge in [-0.25, -0.2) is 4.98 Å². The molecule has 3 N–H and O–H groups in total. The number of hydrogen-bond donors (Lipinski definition) is 3. The molecule has 1 aliphatic rings. The maximum atomic E-state index is 13.6. The Morgan fingerprint density at radius 3 is 2.50 bits per heavy atom. The third-order valence-corrected chi connectivity index (χ3v) is 8.84. The molecule has 2 heterocycles. The van der Waals surface area contributed by atoms with Gasteiger partial charge in [0.25, 0.3) is 11.8 Å². The van der Waals surface area contributed by atoms with Crippen molar-refractivity contribution in [2.24, 2.45) is 5.41 Å². The van der Waals surface area contributed by atoms with E-state index in [1.54, 1.807) is 42.3 Å². The Labute approximate surface area is 265 Å². The molecule has 2 amide bonds. The predicted octanol–water partition coefficient (Wildman–Crippen LogP) is 5.91. The number of carbonyl (C=O) groups is 2. The Kier molecular flexibility index (Phi) is 10.2. The summed E-state index contributed by atoms with van der Waals surface area (Å²) >= 11 is 6.04. The molecule has 234 valence electrons. The van der Waals surface area contributed by atoms with Crippen molar-refractivity contribution < 1.29 is 9.59 Å². The lowest BCUT2D eigenvalue weighted by Crippen LogP contribution is -2.40. The highest BCUT2D eigenvalue weighted by Crippen LogP contribution is 2.28. The van der Waals surface area contributed by atoms with Crippen LogP contribution in [0.1, 0.15) is 70.3 Å². The Balaban J connectivity index is 1.67. The van der Waals surface area contributed by atoms with Crippen molar-refractivity contribution in [3.63, 3.8) is 0 Å². The number of benzene rings is 2. The van der Waals surface area contributed by atoms with E-state index in [1.807, 2.05) is 30.5 Å². The van der Waals surface area contributed by atoms with Crippen LogP contribution in [0.2, 0.25) is 5.02 Å². The van der Waals surface area contributed by atoms with Crippen LogP contribution in [0, 0.1) is 16.7 Å². The van der Waals surface area contributed by atoms with Crippen molar-refractivity contribution >= 4 is 40.4 Å². The number of imidazole rings is 1. The van der Waals surface area contributed by atoms with Gasteiger partial charge in [0.05, 0.1) is 17.1 Å². The summed E-state index contributed by atoms with van der Waals surface area (Å²) in [6.45, 7) is 14.3. The highest BCUT2D eigenvalue weighted by atomic mass is 35.5. The molecule has 0 radical (unpaired) electrons. The van der Waals surface area contributed by atoms with Crippen molar-refractivity contribution in [2.45, 2.75) is 85.1 Å². The van der Waals surface area contributed by atoms with Gasteiger partial charge in [-0.15, -0.1) is 0 Å². The first-order chi connectivity index (χ1) is 20.7. The van der Waals surface area contributed by atoms with Crippen LogP contribution in [0.15, 0.2) is 54.1 Å². The number of hydrogen-bond acceptors (Lipinski definition) is 6. The fourth-order valence-corrected chi connectivity index (χ4v) is 5.28. The maximum Gasteiger partial charge on any atom is 0.264 e. The van der Waals surface area contributed by atoms with Crippen molar-refractivity contribution in [3.8, 4) is 6.07 Å². The average Bonchev–Trinajstić information content (AvgIpc) is 3.58. The van der Waals surface area contributed by atoms with Crippen LogP contribution < -0.4 is 16.0 Å². The van der Waals surface area contributed by atoms with Crippen molar-refractivity contribution in [2.75, 3.05) is 18.9 Å². The number of halogens is 1. The number of nitrogens with zero attached hydrogens (tertiary/aromatic N) is 4. The molecule has 9 nitrogen and oxygen atoms in total. The van der Waals surface area contributed by atoms with Gasteiger partial charge in [-0.1, -0.05) is 38.4 Å². The number of likely N-dealkylation sites (tertiary alicyclic amines) is 1. The summed E-state index contributed by atoms with van der Waals surface area (Å²) in [6, 6.07) is 15.1. The molecule has 2 aromatic carbocycles. The standard InChI is InChI=1S/C34H44ClN7O2/c1-22(33(2,3)4)38-20-23-10-15-29-28(17-23)39-32(40-30(43)24-11-13-26(35)14-12-24)42(29)21-27-9-8-16-41(27)31(44)25(19-36)18-34(5,6)37-7/h10-15,17-18,22,27,37-38H,8-9,16,20-21H2,1-7H3,(H,39,40,43)/t22-,27?/m0/s1. The van der Waals surface area contributed by atoms with Crippen LogP contribution in [0.4, 0.5) is 5.95 Å². The van der Waals surface area contributed by atoms with E-state index in [0.29, 0.717) is 42.2 Å². The van der Waals surface area contributed by atoms with Gasteiger partial charge in [-0.3, -0.25) is 14.9 Å². The summed E-state index contributed by atoms with van der Waals surface area (Å²) in [7, 11) is 1.80. The lowest BCUT2D eigenvalue weighted by atomic mass is 9.88. The highest BCUT2D eigenvalue weighted by Gasteiger charge is 2.33. The Morgan fingerprint density at radius 2 is 1.86 bits per heavy atom. The van der Waals surface area contributed by atoms with Crippen LogP contribution in [0.5, 0.6) is 0 Å². The first kappa shape index (κ1) is 33.2. The highest BCUT2D eigenvalue weighted by molar-refractivity contribution is 6.30. The van der Waals surface area contributed by atoms with Gasteiger partial charge in [-0.05, 0) is 94.1 Å². The minimum atomic E-state index is -0.507. The Hall–Kier alpha value is -3.71. The number of rotatable bonds is 10. The number of likely N-dealkylation sites (N-methyl/N-ethyl adjacent to an activating group) is 1. The molecule has 0 bridgehead atoms. The summed E-state index contributed by atoms with van der Waals surface area (Å²) in [6.07, 6.45) is 3.29. The molecule has 1 aliphatic heterocycles. The minimum Gasteiger partial charge on any atom is -0.333 e. The predicted molar refractivity (Wildman–Crippen MR) is 176 cm³/mol. The van der Waals surface area contributed by atoms with Gasteiger partial charge >= 0.3 is 0 Å². The van der Waals surface area contributed by atoms with Gasteiger partial charge in [0.1, 0.15) is 11.6 Å². The smallest absolute Gasteiger partial charge is 0.264 e. The summed E-state index contributed by atoms with van der Waals surface area (Å²) in [5, 5.41) is 20.1. The van der Waals surface area contributed by atoms with Crippen LogP contribution in [0.25, 0.3) is 11.0 Å². The molecule has 10 heteroatoms. The second kappa shape index (κ2) is 13.5. The lowest BCUT2D eigenvalue weighted by molar-refractivity contribution is -0.127. The molecule has 4 rings (SSSR count). The lowest BCUT2D eigenvalue weighted by Gasteiger charge is -2.28. The van der Waals surface area contributed by atoms with Gasteiger partial charge in [0.15, 0.2) is 0 Å². The fourth-order valence-electron chi connectivity index (χ4n) is 5.15. The average molecular weight is 618 g/mol. The van der Waals surface area contributed by atoms with E-state index in [9.17, 15) is 14.9 Å². The minimum absolute atomic E-state index is 0.115. The normalized spacial score (nSPS) is 16.7. The van der Waals surface area contributed by atoms with Crippen molar-refractivity contribution in [1.82, 2.24) is 25.1 Å². The van der Waals surface area contributed by atoms with Crippen LogP contribution in [0.3, 0.4) is 0 Å². The van der Waals surface area contributed by atoms with Crippen LogP contribution in [-0.2, 0) is 17.9 Å². The largest absolute Gasteiger partial charge is 0.333 e. The second-order valence-corrected chi connectivity index (χ2v) is 13.7. The van der Waals surface area contributed by atoms with Gasteiger partial charge in [0.2, 0.25) is 5.95 Å². The molecule has 44 heavy (non-hydrogen) atoms. The molecule has 0 aliphatic carbocycles. The zero-order valence-electron chi connectivity index (χ0n) is 26.8. The summed E-state index contributed by atoms with van der Waals surface area (Å²) in [5.41, 5.74) is 2.89. The summed E-state index contributed by atoms with van der Waals surface area (Å²) in [5.74, 6) is -0.182. The number of fused-ring (bicyclic) bond motifs is 1. The first-order valence-electron chi connectivity index (χ1n) is 15.1. The molecule has 2 atom stereocenters. The third kappa shape index (κ3) is 7.86. The maximum absolute atomic E-state index is 13.6. The van der Waals surface area contributed by atoms with Crippen LogP contribution >= 0.6 is 11.6 Å². The van der Waals surface area contributed by atoms with Gasteiger partial charge in [-0.2, -0.15) is 5.26 Å². The molecule has 1 aromatic heterocycles. The molecule has 1 fully saturated rings. The fraction of sp³-hybridized carbons (Fsp3) is 0.471. The zero-order valence-corrected chi connectivity index (χ0v) is 27.5.